The minimum Gasteiger partial charge on any atom is -0.357 e. The summed E-state index contributed by atoms with van der Waals surface area (Å²) in [6, 6.07) is 2.95. The second kappa shape index (κ2) is 10.4. The van der Waals surface area contributed by atoms with Crippen LogP contribution in [0.3, 0.4) is 0 Å². The molecule has 0 spiro atoms. The summed E-state index contributed by atoms with van der Waals surface area (Å²) >= 11 is 0. The molecule has 0 saturated carbocycles. The van der Waals surface area contributed by atoms with Gasteiger partial charge in [0.1, 0.15) is 11.6 Å². The molecule has 0 aromatic heterocycles. The van der Waals surface area contributed by atoms with Crippen molar-refractivity contribution in [3.63, 3.8) is 0 Å². The fraction of sp³-hybridized carbons (Fsp3) is 0.562. The molecular formula is C16H27F2IN4O2S. The Morgan fingerprint density at radius 3 is 2.42 bits per heavy atom. The molecule has 26 heavy (non-hydrogen) atoms. The van der Waals surface area contributed by atoms with Crippen LogP contribution >= 0.6 is 24.0 Å². The normalized spacial score (nSPS) is 13.7. The molecule has 0 amide bonds. The molecule has 0 saturated heterocycles. The van der Waals surface area contributed by atoms with Gasteiger partial charge in [0.05, 0.1) is 18.8 Å². The summed E-state index contributed by atoms with van der Waals surface area (Å²) in [5.74, 6) is -0.875. The van der Waals surface area contributed by atoms with E-state index in [-0.39, 0.29) is 30.5 Å². The summed E-state index contributed by atoms with van der Waals surface area (Å²) in [5.41, 5.74) is -0.471. The summed E-state index contributed by atoms with van der Waals surface area (Å²) in [4.78, 5) is 4.35. The highest BCUT2D eigenvalue weighted by atomic mass is 127. The zero-order chi connectivity index (χ0) is 19.3. The van der Waals surface area contributed by atoms with E-state index in [9.17, 15) is 17.2 Å². The third kappa shape index (κ3) is 9.08. The molecule has 1 unspecified atom stereocenters. The molecule has 0 radical (unpaired) electrons. The van der Waals surface area contributed by atoms with Gasteiger partial charge < -0.3 is 10.6 Å². The van der Waals surface area contributed by atoms with Gasteiger partial charge in [0.15, 0.2) is 5.96 Å². The van der Waals surface area contributed by atoms with Crippen LogP contribution in [-0.2, 0) is 10.0 Å². The Morgan fingerprint density at radius 2 is 1.92 bits per heavy atom. The van der Waals surface area contributed by atoms with Crippen molar-refractivity contribution in [2.24, 2.45) is 4.99 Å². The van der Waals surface area contributed by atoms with Crippen molar-refractivity contribution >= 4 is 40.0 Å². The molecule has 0 aliphatic heterocycles. The molecule has 10 heteroatoms. The largest absolute Gasteiger partial charge is 0.357 e. The predicted molar refractivity (Wildman–Crippen MR) is 111 cm³/mol. The summed E-state index contributed by atoms with van der Waals surface area (Å²) in [6.45, 7) is 7.77. The maximum absolute atomic E-state index is 13.9. The Bertz CT molecular complexity index is 727. The van der Waals surface area contributed by atoms with Gasteiger partial charge in [0, 0.05) is 23.7 Å². The molecule has 0 bridgehead atoms. The molecule has 6 nitrogen and oxygen atoms in total. The molecule has 0 fully saturated rings. The van der Waals surface area contributed by atoms with Crippen LogP contribution in [0.25, 0.3) is 0 Å². The van der Waals surface area contributed by atoms with E-state index >= 15 is 0 Å². The highest BCUT2D eigenvalue weighted by Crippen LogP contribution is 2.17. The van der Waals surface area contributed by atoms with E-state index in [1.165, 1.54) is 12.1 Å². The summed E-state index contributed by atoms with van der Waals surface area (Å²) in [5, 5.41) is 6.04. The lowest BCUT2D eigenvalue weighted by Crippen LogP contribution is -2.47. The smallest absolute Gasteiger partial charge is 0.209 e. The molecule has 3 N–H and O–H groups in total. The monoisotopic (exact) mass is 504 g/mol. The van der Waals surface area contributed by atoms with Crippen molar-refractivity contribution < 1.29 is 17.2 Å². The lowest BCUT2D eigenvalue weighted by atomic mass is 10.1. The summed E-state index contributed by atoms with van der Waals surface area (Å²) < 4.78 is 52.2. The first-order valence-electron chi connectivity index (χ1n) is 7.92. The minimum absolute atomic E-state index is 0. The zero-order valence-corrected chi connectivity index (χ0v) is 18.7. The van der Waals surface area contributed by atoms with Gasteiger partial charge >= 0.3 is 0 Å². The van der Waals surface area contributed by atoms with Crippen molar-refractivity contribution in [1.82, 2.24) is 15.4 Å². The lowest BCUT2D eigenvalue weighted by Gasteiger charge is -2.24. The first-order chi connectivity index (χ1) is 11.4. The van der Waals surface area contributed by atoms with Crippen LogP contribution in [0.1, 0.15) is 39.3 Å². The fourth-order valence-electron chi connectivity index (χ4n) is 2.27. The van der Waals surface area contributed by atoms with Crippen molar-refractivity contribution in [3.8, 4) is 0 Å². The van der Waals surface area contributed by atoms with Crippen LogP contribution in [0.4, 0.5) is 8.78 Å². The van der Waals surface area contributed by atoms with E-state index in [1.54, 1.807) is 20.8 Å². The van der Waals surface area contributed by atoms with Crippen LogP contribution in [0.5, 0.6) is 0 Å². The number of rotatable bonds is 7. The van der Waals surface area contributed by atoms with Crippen molar-refractivity contribution in [2.75, 3.05) is 19.3 Å². The number of halogens is 3. The van der Waals surface area contributed by atoms with Crippen LogP contribution in [0.2, 0.25) is 0 Å². The maximum atomic E-state index is 13.9. The van der Waals surface area contributed by atoms with Gasteiger partial charge in [-0.25, -0.2) is 21.9 Å². The standard InChI is InChI=1S/C16H26F2N4O2S.HI/c1-6-19-15(20-10-16(3,4)22-25(5,23)24)21-11(2)13-8-7-12(17)9-14(13)18;/h7-9,11,22H,6,10H2,1-5H3,(H2,19,20,21);1H. The molecule has 0 heterocycles. The number of nitrogens with one attached hydrogen (secondary N) is 3. The first kappa shape index (κ1) is 25.0. The van der Waals surface area contributed by atoms with E-state index < -0.39 is 33.2 Å². The van der Waals surface area contributed by atoms with Gasteiger partial charge in [-0.15, -0.1) is 24.0 Å². The highest BCUT2D eigenvalue weighted by Gasteiger charge is 2.22. The number of nitrogens with zero attached hydrogens (tertiary/aromatic N) is 1. The van der Waals surface area contributed by atoms with E-state index in [4.69, 9.17) is 0 Å². The Balaban J connectivity index is 0.00000625. The van der Waals surface area contributed by atoms with Gasteiger partial charge in [0.25, 0.3) is 0 Å². The quantitative estimate of drug-likeness (QED) is 0.303. The molecule has 0 aliphatic rings. The van der Waals surface area contributed by atoms with Gasteiger partial charge in [-0.3, -0.25) is 4.99 Å². The third-order valence-electron chi connectivity index (χ3n) is 3.22. The molecular weight excluding hydrogens is 477 g/mol. The number of guanidine groups is 1. The topological polar surface area (TPSA) is 82.6 Å². The predicted octanol–water partition coefficient (Wildman–Crippen LogP) is 2.53. The second-order valence-electron chi connectivity index (χ2n) is 6.49. The molecule has 1 aromatic carbocycles. The molecule has 1 rings (SSSR count). The van der Waals surface area contributed by atoms with Crippen molar-refractivity contribution in [2.45, 2.75) is 39.3 Å². The lowest BCUT2D eigenvalue weighted by molar-refractivity contribution is 0.463. The number of sulfonamides is 1. The van der Waals surface area contributed by atoms with E-state index in [0.717, 1.165) is 12.3 Å². The fourth-order valence-corrected chi connectivity index (χ4v) is 3.33. The third-order valence-corrected chi connectivity index (χ3v) is 4.14. The zero-order valence-electron chi connectivity index (χ0n) is 15.6. The number of hydrogen-bond acceptors (Lipinski definition) is 3. The van der Waals surface area contributed by atoms with Crippen LogP contribution in [0, 0.1) is 11.6 Å². The summed E-state index contributed by atoms with van der Waals surface area (Å²) in [7, 11) is -3.36. The van der Waals surface area contributed by atoms with Crippen molar-refractivity contribution in [1.29, 1.82) is 0 Å². The molecule has 1 aromatic rings. The van der Waals surface area contributed by atoms with E-state index in [1.807, 2.05) is 6.92 Å². The van der Waals surface area contributed by atoms with Crippen LogP contribution in [-0.4, -0.2) is 39.3 Å². The maximum Gasteiger partial charge on any atom is 0.209 e. The average molecular weight is 504 g/mol. The Morgan fingerprint density at radius 1 is 1.31 bits per heavy atom. The minimum atomic E-state index is -3.36. The van der Waals surface area contributed by atoms with Gasteiger partial charge in [0.2, 0.25) is 10.0 Å². The first-order valence-corrected chi connectivity index (χ1v) is 9.81. The number of hydrogen-bond donors (Lipinski definition) is 3. The molecule has 150 valence electrons. The Hall–Kier alpha value is -1.01. The van der Waals surface area contributed by atoms with Gasteiger partial charge in [-0.2, -0.15) is 0 Å². The van der Waals surface area contributed by atoms with Gasteiger partial charge in [-0.1, -0.05) is 6.07 Å². The van der Waals surface area contributed by atoms with Crippen LogP contribution < -0.4 is 15.4 Å². The molecule has 0 aliphatic carbocycles. The molecule has 1 atom stereocenters. The van der Waals surface area contributed by atoms with E-state index in [0.29, 0.717) is 18.1 Å². The van der Waals surface area contributed by atoms with Crippen molar-refractivity contribution in [3.05, 3.63) is 35.4 Å². The highest BCUT2D eigenvalue weighted by molar-refractivity contribution is 14.0. The number of aliphatic imine (C=N–C) groups is 1. The Kier molecular flexibility index (Phi) is 9.95. The van der Waals surface area contributed by atoms with Crippen LogP contribution in [0.15, 0.2) is 23.2 Å². The number of benzene rings is 1. The average Bonchev–Trinajstić information content (AvgIpc) is 2.42. The van der Waals surface area contributed by atoms with E-state index in [2.05, 4.69) is 20.3 Å². The van der Waals surface area contributed by atoms with Gasteiger partial charge in [-0.05, 0) is 33.8 Å². The second-order valence-corrected chi connectivity index (χ2v) is 8.23. The Labute approximate surface area is 171 Å². The SMILES string of the molecule is CCNC(=NCC(C)(C)NS(C)(=O)=O)NC(C)c1ccc(F)cc1F.I. The summed E-state index contributed by atoms with van der Waals surface area (Å²) in [6.07, 6.45) is 1.08.